The molecule has 0 spiro atoms. The summed E-state index contributed by atoms with van der Waals surface area (Å²) in [5.41, 5.74) is 0.332. The molecule has 1 aromatic carbocycles. The predicted molar refractivity (Wildman–Crippen MR) is 99.2 cm³/mol. The van der Waals surface area contributed by atoms with E-state index in [1.54, 1.807) is 30.1 Å². The number of carbonyl (C=O) groups is 2. The summed E-state index contributed by atoms with van der Waals surface area (Å²) in [6, 6.07) is 5.90. The van der Waals surface area contributed by atoms with Crippen molar-refractivity contribution in [2.45, 2.75) is 38.3 Å². The molecule has 0 aromatic heterocycles. The third-order valence-corrected chi connectivity index (χ3v) is 5.89. The Balaban J connectivity index is 1.65. The Bertz CT molecular complexity index is 687. The van der Waals surface area contributed by atoms with E-state index in [0.29, 0.717) is 31.7 Å². The number of amides is 2. The summed E-state index contributed by atoms with van der Waals surface area (Å²) in [6.45, 7) is 1.93. The van der Waals surface area contributed by atoms with Crippen LogP contribution in [0.1, 0.15) is 31.2 Å². The van der Waals surface area contributed by atoms with Gasteiger partial charge in [0.25, 0.3) is 0 Å². The zero-order chi connectivity index (χ0) is 19.4. The van der Waals surface area contributed by atoms with Gasteiger partial charge in [-0.05, 0) is 18.9 Å². The minimum absolute atomic E-state index is 0.0539. The maximum atomic E-state index is 14.0. The van der Waals surface area contributed by atoms with Crippen LogP contribution in [0.4, 0.5) is 4.39 Å². The number of carbonyl (C=O) groups excluding carboxylic acids is 2. The zero-order valence-corrected chi connectivity index (χ0v) is 15.8. The summed E-state index contributed by atoms with van der Waals surface area (Å²) in [7, 11) is 1.72. The maximum absolute atomic E-state index is 14.0. The van der Waals surface area contributed by atoms with E-state index in [1.165, 1.54) is 6.07 Å². The van der Waals surface area contributed by atoms with Crippen LogP contribution in [0, 0.1) is 11.2 Å². The fourth-order valence-electron chi connectivity index (χ4n) is 3.97. The van der Waals surface area contributed by atoms with Crippen LogP contribution in [0.5, 0.6) is 0 Å². The number of piperazine rings is 1. The van der Waals surface area contributed by atoms with Crippen molar-refractivity contribution in [1.29, 1.82) is 0 Å². The molecule has 2 N–H and O–H groups in total. The van der Waals surface area contributed by atoms with Crippen molar-refractivity contribution in [2.75, 3.05) is 33.3 Å². The highest BCUT2D eigenvalue weighted by Crippen LogP contribution is 2.40. The molecule has 7 heteroatoms. The molecule has 1 atom stereocenters. The summed E-state index contributed by atoms with van der Waals surface area (Å²) < 4.78 is 14.0. The second kappa shape index (κ2) is 8.35. The number of nitrogens with one attached hydrogen (secondary N) is 1. The molecular formula is C20H28FN3O3. The summed E-state index contributed by atoms with van der Waals surface area (Å²) in [5, 5.41) is 12.4. The minimum atomic E-state index is -0.611. The highest BCUT2D eigenvalue weighted by atomic mass is 19.1. The Kier molecular flexibility index (Phi) is 6.11. The Morgan fingerprint density at radius 2 is 2.15 bits per heavy atom. The fourth-order valence-corrected chi connectivity index (χ4v) is 3.97. The maximum Gasteiger partial charge on any atom is 0.237 e. The first-order chi connectivity index (χ1) is 12.9. The van der Waals surface area contributed by atoms with Crippen LogP contribution in [-0.2, 0) is 16.1 Å². The van der Waals surface area contributed by atoms with E-state index in [1.807, 2.05) is 4.90 Å². The molecule has 0 bridgehead atoms. The first-order valence-corrected chi connectivity index (χ1v) is 9.54. The number of hydrogen-bond donors (Lipinski definition) is 2. The molecule has 1 saturated heterocycles. The monoisotopic (exact) mass is 377 g/mol. The van der Waals surface area contributed by atoms with Gasteiger partial charge < -0.3 is 15.3 Å². The molecule has 1 aliphatic heterocycles. The summed E-state index contributed by atoms with van der Waals surface area (Å²) in [4.78, 5) is 28.6. The molecular weight excluding hydrogens is 349 g/mol. The Morgan fingerprint density at radius 3 is 2.78 bits per heavy atom. The molecule has 1 aliphatic carbocycles. The molecule has 148 valence electrons. The third kappa shape index (κ3) is 4.47. The minimum Gasteiger partial charge on any atom is -0.396 e. The first-order valence-electron chi connectivity index (χ1n) is 9.54. The molecule has 0 unspecified atom stereocenters. The van der Waals surface area contributed by atoms with Gasteiger partial charge in [0, 0.05) is 44.2 Å². The molecule has 1 saturated carbocycles. The van der Waals surface area contributed by atoms with Crippen molar-refractivity contribution in [1.82, 2.24) is 15.1 Å². The van der Waals surface area contributed by atoms with Gasteiger partial charge in [-0.15, -0.1) is 0 Å². The van der Waals surface area contributed by atoms with Gasteiger partial charge in [-0.3, -0.25) is 14.5 Å². The number of hydrogen-bond acceptors (Lipinski definition) is 4. The molecule has 3 rings (SSSR count). The van der Waals surface area contributed by atoms with Gasteiger partial charge in [0.15, 0.2) is 0 Å². The van der Waals surface area contributed by atoms with Gasteiger partial charge in [-0.2, -0.15) is 0 Å². The van der Waals surface area contributed by atoms with Crippen LogP contribution in [0.2, 0.25) is 0 Å². The lowest BCUT2D eigenvalue weighted by Crippen LogP contribution is -2.56. The van der Waals surface area contributed by atoms with E-state index in [4.69, 9.17) is 0 Å². The number of halogens is 1. The average molecular weight is 377 g/mol. The first kappa shape index (κ1) is 19.8. The summed E-state index contributed by atoms with van der Waals surface area (Å²) in [6.07, 6.45) is 2.97. The molecule has 1 aromatic rings. The average Bonchev–Trinajstić information content (AvgIpc) is 2.62. The number of nitrogens with zero attached hydrogens (tertiary/aromatic N) is 2. The molecule has 2 fully saturated rings. The SMILES string of the molecule is CN(CC1(CO)CCC1)C(=O)C[C@@H]1C(=O)NCCN1Cc1ccccc1F. The van der Waals surface area contributed by atoms with Crippen LogP contribution in [0.25, 0.3) is 0 Å². The second-order valence-electron chi connectivity index (χ2n) is 7.83. The molecule has 27 heavy (non-hydrogen) atoms. The Hall–Kier alpha value is -1.99. The lowest BCUT2D eigenvalue weighted by atomic mass is 9.69. The van der Waals surface area contributed by atoms with Gasteiger partial charge in [0.2, 0.25) is 11.8 Å². The molecule has 6 nitrogen and oxygen atoms in total. The van der Waals surface area contributed by atoms with Gasteiger partial charge in [0.1, 0.15) is 5.82 Å². The largest absolute Gasteiger partial charge is 0.396 e. The van der Waals surface area contributed by atoms with E-state index >= 15 is 0 Å². The quantitative estimate of drug-likeness (QED) is 0.747. The van der Waals surface area contributed by atoms with Crippen molar-refractivity contribution in [3.8, 4) is 0 Å². The molecule has 1 heterocycles. The third-order valence-electron chi connectivity index (χ3n) is 5.89. The molecule has 2 aliphatic rings. The second-order valence-corrected chi connectivity index (χ2v) is 7.83. The lowest BCUT2D eigenvalue weighted by molar-refractivity contribution is -0.140. The van der Waals surface area contributed by atoms with E-state index in [9.17, 15) is 19.1 Å². The van der Waals surface area contributed by atoms with Gasteiger partial charge in [-0.1, -0.05) is 24.6 Å². The van der Waals surface area contributed by atoms with E-state index in [-0.39, 0.29) is 36.1 Å². The van der Waals surface area contributed by atoms with Crippen LogP contribution in [0.15, 0.2) is 24.3 Å². The Morgan fingerprint density at radius 1 is 1.41 bits per heavy atom. The van der Waals surface area contributed by atoms with Crippen LogP contribution in [-0.4, -0.2) is 66.1 Å². The van der Waals surface area contributed by atoms with Gasteiger partial charge in [0.05, 0.1) is 19.1 Å². The number of benzene rings is 1. The van der Waals surface area contributed by atoms with E-state index in [2.05, 4.69) is 5.32 Å². The zero-order valence-electron chi connectivity index (χ0n) is 15.8. The van der Waals surface area contributed by atoms with E-state index in [0.717, 1.165) is 19.3 Å². The van der Waals surface area contributed by atoms with Crippen LogP contribution in [0.3, 0.4) is 0 Å². The van der Waals surface area contributed by atoms with Crippen molar-refractivity contribution < 1.29 is 19.1 Å². The van der Waals surface area contributed by atoms with Gasteiger partial charge >= 0.3 is 0 Å². The highest BCUT2D eigenvalue weighted by Gasteiger charge is 2.39. The van der Waals surface area contributed by atoms with Gasteiger partial charge in [-0.25, -0.2) is 4.39 Å². The topological polar surface area (TPSA) is 72.9 Å². The van der Waals surface area contributed by atoms with Crippen LogP contribution >= 0.6 is 0 Å². The number of aliphatic hydroxyl groups excluding tert-OH is 1. The lowest BCUT2D eigenvalue weighted by Gasteiger charge is -2.43. The number of rotatable bonds is 7. The summed E-state index contributed by atoms with van der Waals surface area (Å²) >= 11 is 0. The van der Waals surface area contributed by atoms with Crippen LogP contribution < -0.4 is 5.32 Å². The normalized spacial score (nSPS) is 22.0. The van der Waals surface area contributed by atoms with E-state index < -0.39 is 6.04 Å². The number of aliphatic hydroxyl groups is 1. The van der Waals surface area contributed by atoms with Crippen molar-refractivity contribution in [2.24, 2.45) is 5.41 Å². The fraction of sp³-hybridized carbons (Fsp3) is 0.600. The summed E-state index contributed by atoms with van der Waals surface area (Å²) in [5.74, 6) is -0.629. The Labute approximate surface area is 159 Å². The molecule has 0 radical (unpaired) electrons. The predicted octanol–water partition coefficient (Wildman–Crippen LogP) is 1.14. The smallest absolute Gasteiger partial charge is 0.237 e. The van der Waals surface area contributed by atoms with Crippen molar-refractivity contribution in [3.05, 3.63) is 35.6 Å². The highest BCUT2D eigenvalue weighted by molar-refractivity contribution is 5.88. The standard InChI is InChI=1S/C20H28FN3O3/c1-23(13-20(14-25)7-4-8-20)18(26)11-17-19(27)22-9-10-24(17)12-15-5-2-3-6-16(15)21/h2-3,5-6,17,25H,4,7-14H2,1H3,(H,22,27)/t17-/m1/s1. The van der Waals surface area contributed by atoms with Crippen molar-refractivity contribution >= 4 is 11.8 Å². The molecule has 2 amide bonds. The van der Waals surface area contributed by atoms with Crippen molar-refractivity contribution in [3.63, 3.8) is 0 Å².